The van der Waals surface area contributed by atoms with Gasteiger partial charge in [-0.3, -0.25) is 14.9 Å². The van der Waals surface area contributed by atoms with Crippen LogP contribution >= 0.6 is 12.4 Å². The molecule has 0 aliphatic carbocycles. The molecular formula is C19H25ClN4O3. The molecule has 0 radical (unpaired) electrons. The lowest BCUT2D eigenvalue weighted by atomic mass is 9.78. The summed E-state index contributed by atoms with van der Waals surface area (Å²) < 4.78 is 0. The van der Waals surface area contributed by atoms with Crippen molar-refractivity contribution in [3.05, 3.63) is 35.4 Å². The Morgan fingerprint density at radius 1 is 1.07 bits per heavy atom. The normalized spacial score (nSPS) is 26.5. The van der Waals surface area contributed by atoms with Crippen LogP contribution in [0.4, 0.5) is 4.79 Å². The molecule has 1 aromatic carbocycles. The highest BCUT2D eigenvalue weighted by atomic mass is 35.5. The zero-order chi connectivity index (χ0) is 18.4. The molecule has 1 atom stereocenters. The summed E-state index contributed by atoms with van der Waals surface area (Å²) in [5.41, 5.74) is 0.559. The van der Waals surface area contributed by atoms with Gasteiger partial charge in [0.25, 0.3) is 11.8 Å². The standard InChI is InChI=1S/C19H24N4O3.ClH/c1-18(16(25)21-17(26)22-18)14-4-2-13(3-5-14)15(24)23-10-7-19(8-11-23)6-9-20-12-19;/h2-5,20H,6-12H2,1H3,(H2,21,22,25,26);1H. The van der Waals surface area contributed by atoms with E-state index in [-0.39, 0.29) is 24.2 Å². The Morgan fingerprint density at radius 3 is 2.26 bits per heavy atom. The number of piperidine rings is 1. The maximum absolute atomic E-state index is 12.8. The Labute approximate surface area is 164 Å². The van der Waals surface area contributed by atoms with Gasteiger partial charge >= 0.3 is 6.03 Å². The van der Waals surface area contributed by atoms with Crippen LogP contribution in [0.3, 0.4) is 0 Å². The summed E-state index contributed by atoms with van der Waals surface area (Å²) in [6, 6.07) is 6.46. The van der Waals surface area contributed by atoms with Gasteiger partial charge in [-0.1, -0.05) is 12.1 Å². The first kappa shape index (κ1) is 19.6. The number of amides is 4. The van der Waals surface area contributed by atoms with Crippen LogP contribution in [0.15, 0.2) is 24.3 Å². The van der Waals surface area contributed by atoms with Gasteiger partial charge < -0.3 is 15.5 Å². The van der Waals surface area contributed by atoms with Crippen molar-refractivity contribution in [1.82, 2.24) is 20.9 Å². The highest BCUT2D eigenvalue weighted by molar-refractivity contribution is 6.07. The van der Waals surface area contributed by atoms with Crippen LogP contribution in [0.1, 0.15) is 42.1 Å². The average molecular weight is 393 g/mol. The first-order valence-corrected chi connectivity index (χ1v) is 9.16. The van der Waals surface area contributed by atoms with Gasteiger partial charge in [0.2, 0.25) is 0 Å². The topological polar surface area (TPSA) is 90.5 Å². The molecule has 7 nitrogen and oxygen atoms in total. The van der Waals surface area contributed by atoms with Gasteiger partial charge in [0, 0.05) is 25.2 Å². The largest absolute Gasteiger partial charge is 0.339 e. The summed E-state index contributed by atoms with van der Waals surface area (Å²) in [5.74, 6) is -0.351. The predicted molar refractivity (Wildman–Crippen MR) is 103 cm³/mol. The van der Waals surface area contributed by atoms with Crippen molar-refractivity contribution < 1.29 is 14.4 Å². The third-order valence-corrected chi connectivity index (χ3v) is 6.20. The van der Waals surface area contributed by atoms with Crippen LogP contribution in [0.5, 0.6) is 0 Å². The molecule has 3 N–H and O–H groups in total. The second kappa shape index (κ2) is 7.13. The van der Waals surface area contributed by atoms with Crippen molar-refractivity contribution in [2.75, 3.05) is 26.2 Å². The molecule has 8 heteroatoms. The van der Waals surface area contributed by atoms with Gasteiger partial charge in [-0.25, -0.2) is 4.79 Å². The summed E-state index contributed by atoms with van der Waals surface area (Å²) in [7, 11) is 0. The number of carbonyl (C=O) groups excluding carboxylic acids is 3. The van der Waals surface area contributed by atoms with Gasteiger partial charge in [0.05, 0.1) is 0 Å². The van der Waals surface area contributed by atoms with Gasteiger partial charge in [0.15, 0.2) is 0 Å². The number of nitrogens with zero attached hydrogens (tertiary/aromatic N) is 1. The van der Waals surface area contributed by atoms with E-state index in [2.05, 4.69) is 16.0 Å². The summed E-state index contributed by atoms with van der Waals surface area (Å²) in [4.78, 5) is 38.2. The van der Waals surface area contributed by atoms with Crippen molar-refractivity contribution in [3.8, 4) is 0 Å². The maximum Gasteiger partial charge on any atom is 0.322 e. The number of likely N-dealkylation sites (tertiary alicyclic amines) is 1. The molecule has 27 heavy (non-hydrogen) atoms. The number of hydrogen-bond donors (Lipinski definition) is 3. The Morgan fingerprint density at radius 2 is 1.74 bits per heavy atom. The lowest BCUT2D eigenvalue weighted by Gasteiger charge is -2.39. The molecule has 3 aliphatic heterocycles. The van der Waals surface area contributed by atoms with E-state index < -0.39 is 11.6 Å². The zero-order valence-electron chi connectivity index (χ0n) is 15.3. The molecule has 0 bridgehead atoms. The molecule has 4 rings (SSSR count). The Kier molecular flexibility index (Phi) is 5.18. The van der Waals surface area contributed by atoms with Gasteiger partial charge in [-0.15, -0.1) is 12.4 Å². The van der Waals surface area contributed by atoms with Crippen LogP contribution in [0, 0.1) is 5.41 Å². The average Bonchev–Trinajstić information content (AvgIpc) is 3.20. The summed E-state index contributed by atoms with van der Waals surface area (Å²) in [5, 5.41) is 8.32. The van der Waals surface area contributed by atoms with Crippen LogP contribution < -0.4 is 16.0 Å². The van der Waals surface area contributed by atoms with Crippen molar-refractivity contribution in [1.29, 1.82) is 0 Å². The summed E-state index contributed by atoms with van der Waals surface area (Å²) in [6.45, 7) is 5.38. The molecule has 0 aromatic heterocycles. The monoisotopic (exact) mass is 392 g/mol. The van der Waals surface area contributed by atoms with E-state index in [0.29, 0.717) is 16.5 Å². The van der Waals surface area contributed by atoms with Gasteiger partial charge in [-0.2, -0.15) is 0 Å². The molecule has 3 fully saturated rings. The fourth-order valence-electron chi connectivity index (χ4n) is 4.28. The molecule has 3 heterocycles. The third-order valence-electron chi connectivity index (χ3n) is 6.20. The van der Waals surface area contributed by atoms with E-state index in [9.17, 15) is 14.4 Å². The number of urea groups is 1. The first-order valence-electron chi connectivity index (χ1n) is 9.16. The molecule has 1 aromatic rings. The molecule has 3 aliphatic rings. The van der Waals surface area contributed by atoms with Crippen LogP contribution in [0.25, 0.3) is 0 Å². The number of rotatable bonds is 2. The smallest absolute Gasteiger partial charge is 0.322 e. The first-order chi connectivity index (χ1) is 12.4. The van der Waals surface area contributed by atoms with E-state index in [1.54, 1.807) is 31.2 Å². The number of benzene rings is 1. The lowest BCUT2D eigenvalue weighted by Crippen LogP contribution is -2.44. The Hall–Kier alpha value is -2.12. The highest BCUT2D eigenvalue weighted by Crippen LogP contribution is 2.37. The van der Waals surface area contributed by atoms with Crippen LogP contribution in [-0.4, -0.2) is 48.9 Å². The van der Waals surface area contributed by atoms with Crippen molar-refractivity contribution in [3.63, 3.8) is 0 Å². The Balaban J connectivity index is 0.00000210. The number of imide groups is 1. The fourth-order valence-corrected chi connectivity index (χ4v) is 4.28. The maximum atomic E-state index is 12.8. The second-order valence-corrected chi connectivity index (χ2v) is 7.83. The third kappa shape index (κ3) is 3.41. The molecule has 4 amide bonds. The van der Waals surface area contributed by atoms with E-state index in [1.807, 2.05) is 4.90 Å². The molecule has 0 saturated carbocycles. The minimum atomic E-state index is -1.09. The van der Waals surface area contributed by atoms with Crippen LogP contribution in [-0.2, 0) is 10.3 Å². The molecule has 1 spiro atoms. The molecule has 1 unspecified atom stereocenters. The van der Waals surface area contributed by atoms with Crippen molar-refractivity contribution >= 4 is 30.3 Å². The SMILES string of the molecule is CC1(c2ccc(C(=O)N3CCC4(CCNC4)CC3)cc2)NC(=O)NC1=O.Cl. The lowest BCUT2D eigenvalue weighted by molar-refractivity contribution is -0.123. The number of halogens is 1. The molecule has 146 valence electrons. The fraction of sp³-hybridized carbons (Fsp3) is 0.526. The van der Waals surface area contributed by atoms with Gasteiger partial charge in [-0.05, 0) is 55.8 Å². The zero-order valence-corrected chi connectivity index (χ0v) is 16.2. The van der Waals surface area contributed by atoms with Crippen molar-refractivity contribution in [2.24, 2.45) is 5.41 Å². The predicted octanol–water partition coefficient (Wildman–Crippen LogP) is 1.38. The minimum Gasteiger partial charge on any atom is -0.339 e. The van der Waals surface area contributed by atoms with Gasteiger partial charge in [0.1, 0.15) is 5.54 Å². The van der Waals surface area contributed by atoms with Crippen LogP contribution in [0.2, 0.25) is 0 Å². The number of carbonyl (C=O) groups is 3. The summed E-state index contributed by atoms with van der Waals surface area (Å²) >= 11 is 0. The number of hydrogen-bond acceptors (Lipinski definition) is 4. The van der Waals surface area contributed by atoms with E-state index >= 15 is 0 Å². The minimum absolute atomic E-state index is 0. The van der Waals surface area contributed by atoms with Crippen molar-refractivity contribution in [2.45, 2.75) is 31.7 Å². The van der Waals surface area contributed by atoms with E-state index in [4.69, 9.17) is 0 Å². The van der Waals surface area contributed by atoms with E-state index in [1.165, 1.54) is 6.42 Å². The van der Waals surface area contributed by atoms with E-state index in [0.717, 1.165) is 39.0 Å². The highest BCUT2D eigenvalue weighted by Gasteiger charge is 2.43. The molecular weight excluding hydrogens is 368 g/mol. The second-order valence-electron chi connectivity index (χ2n) is 7.83. The quantitative estimate of drug-likeness (QED) is 0.663. The Bertz CT molecular complexity index is 751. The number of nitrogens with one attached hydrogen (secondary N) is 3. The summed E-state index contributed by atoms with van der Waals surface area (Å²) in [6.07, 6.45) is 3.30. The molecule has 3 saturated heterocycles.